The Labute approximate surface area is 135 Å². The number of rotatable bonds is 7. The maximum Gasteiger partial charge on any atom is 0.324 e. The number of carbonyl (C=O) groups is 2. The third-order valence-electron chi connectivity index (χ3n) is 3.42. The summed E-state index contributed by atoms with van der Waals surface area (Å²) in [7, 11) is 0. The van der Waals surface area contributed by atoms with E-state index in [-0.39, 0.29) is 11.9 Å². The first kappa shape index (κ1) is 16.9. The fourth-order valence-electron chi connectivity index (χ4n) is 2.37. The van der Waals surface area contributed by atoms with Gasteiger partial charge in [0.2, 0.25) is 0 Å². The van der Waals surface area contributed by atoms with Crippen LogP contribution >= 0.6 is 0 Å². The number of amides is 3. The average molecular weight is 321 g/mol. The van der Waals surface area contributed by atoms with Crippen LogP contribution in [0, 0.1) is 0 Å². The number of benzene rings is 1. The maximum absolute atomic E-state index is 12.3. The lowest BCUT2D eigenvalue weighted by Gasteiger charge is -2.20. The number of carbonyl (C=O) groups excluding carboxylic acids is 2. The molecule has 1 aromatic carbocycles. The quantitative estimate of drug-likeness (QED) is 0.801. The maximum atomic E-state index is 12.3. The topological polar surface area (TPSA) is 79.9 Å². The zero-order valence-corrected chi connectivity index (χ0v) is 13.7. The van der Waals surface area contributed by atoms with Crippen LogP contribution in [0.5, 0.6) is 11.5 Å². The number of hydrogen-bond donors (Lipinski definition) is 2. The summed E-state index contributed by atoms with van der Waals surface area (Å²) in [6.45, 7) is 7.49. The highest BCUT2D eigenvalue weighted by molar-refractivity contribution is 5.99. The van der Waals surface area contributed by atoms with Crippen LogP contribution in [0.4, 0.5) is 10.5 Å². The molecule has 1 heterocycles. The molecule has 1 aliphatic rings. The number of imide groups is 1. The van der Waals surface area contributed by atoms with Crippen LogP contribution in [0.25, 0.3) is 0 Å². The van der Waals surface area contributed by atoms with Gasteiger partial charge in [-0.3, -0.25) is 9.69 Å². The minimum Gasteiger partial charge on any atom is -0.490 e. The van der Waals surface area contributed by atoms with Gasteiger partial charge < -0.3 is 20.1 Å². The molecule has 1 aliphatic heterocycles. The van der Waals surface area contributed by atoms with E-state index in [0.29, 0.717) is 37.8 Å². The highest BCUT2D eigenvalue weighted by atomic mass is 16.5. The van der Waals surface area contributed by atoms with E-state index in [1.54, 1.807) is 19.1 Å². The van der Waals surface area contributed by atoms with Crippen molar-refractivity contribution in [3.8, 4) is 11.5 Å². The van der Waals surface area contributed by atoms with Crippen molar-refractivity contribution in [2.24, 2.45) is 0 Å². The van der Waals surface area contributed by atoms with Gasteiger partial charge >= 0.3 is 6.03 Å². The SMILES string of the molecule is CCOc1ccc(NC(C)C(=O)N2CCNC2=O)cc1OCC. The summed E-state index contributed by atoms with van der Waals surface area (Å²) in [5.41, 5.74) is 0.734. The smallest absolute Gasteiger partial charge is 0.324 e. The summed E-state index contributed by atoms with van der Waals surface area (Å²) in [6.07, 6.45) is 0. The monoisotopic (exact) mass is 321 g/mol. The molecule has 0 saturated carbocycles. The van der Waals surface area contributed by atoms with Crippen molar-refractivity contribution in [1.29, 1.82) is 0 Å². The average Bonchev–Trinajstić information content (AvgIpc) is 2.95. The molecule has 2 rings (SSSR count). The molecule has 3 amide bonds. The molecular weight excluding hydrogens is 298 g/mol. The van der Waals surface area contributed by atoms with Crippen LogP contribution in [0.3, 0.4) is 0 Å². The molecule has 0 radical (unpaired) electrons. The predicted molar refractivity (Wildman–Crippen MR) is 87.0 cm³/mol. The highest BCUT2D eigenvalue weighted by Crippen LogP contribution is 2.31. The molecule has 1 aromatic rings. The van der Waals surface area contributed by atoms with E-state index >= 15 is 0 Å². The number of nitrogens with one attached hydrogen (secondary N) is 2. The number of anilines is 1. The summed E-state index contributed by atoms with van der Waals surface area (Å²) in [5.74, 6) is 1.03. The molecule has 0 bridgehead atoms. The van der Waals surface area contributed by atoms with Crippen molar-refractivity contribution in [2.45, 2.75) is 26.8 Å². The van der Waals surface area contributed by atoms with Crippen molar-refractivity contribution in [1.82, 2.24) is 10.2 Å². The third kappa shape index (κ3) is 4.06. The van der Waals surface area contributed by atoms with Gasteiger partial charge in [0.25, 0.3) is 5.91 Å². The molecule has 1 unspecified atom stereocenters. The zero-order chi connectivity index (χ0) is 16.8. The van der Waals surface area contributed by atoms with E-state index in [2.05, 4.69) is 10.6 Å². The molecule has 2 N–H and O–H groups in total. The van der Waals surface area contributed by atoms with Gasteiger partial charge in [0.1, 0.15) is 6.04 Å². The van der Waals surface area contributed by atoms with Crippen LogP contribution in [0.15, 0.2) is 18.2 Å². The fraction of sp³-hybridized carbons (Fsp3) is 0.500. The minimum atomic E-state index is -0.522. The van der Waals surface area contributed by atoms with Crippen molar-refractivity contribution >= 4 is 17.6 Å². The summed E-state index contributed by atoms with van der Waals surface area (Å²) >= 11 is 0. The normalized spacial score (nSPS) is 15.1. The lowest BCUT2D eigenvalue weighted by atomic mass is 10.2. The predicted octanol–water partition coefficient (Wildman–Crippen LogP) is 1.84. The largest absolute Gasteiger partial charge is 0.490 e. The van der Waals surface area contributed by atoms with Gasteiger partial charge in [-0.1, -0.05) is 0 Å². The first-order chi connectivity index (χ1) is 11.1. The lowest BCUT2D eigenvalue weighted by molar-refractivity contribution is -0.128. The Kier molecular flexibility index (Phi) is 5.67. The van der Waals surface area contributed by atoms with Gasteiger partial charge in [0, 0.05) is 24.8 Å². The van der Waals surface area contributed by atoms with Crippen molar-refractivity contribution in [2.75, 3.05) is 31.6 Å². The van der Waals surface area contributed by atoms with E-state index in [9.17, 15) is 9.59 Å². The van der Waals surface area contributed by atoms with Crippen LogP contribution in [0.1, 0.15) is 20.8 Å². The van der Waals surface area contributed by atoms with E-state index in [0.717, 1.165) is 5.69 Å². The molecule has 23 heavy (non-hydrogen) atoms. The third-order valence-corrected chi connectivity index (χ3v) is 3.42. The first-order valence-corrected chi connectivity index (χ1v) is 7.82. The second-order valence-corrected chi connectivity index (χ2v) is 5.12. The van der Waals surface area contributed by atoms with Gasteiger partial charge in [-0.15, -0.1) is 0 Å². The molecule has 0 aliphatic carbocycles. The zero-order valence-electron chi connectivity index (χ0n) is 13.7. The number of hydrogen-bond acceptors (Lipinski definition) is 5. The molecular formula is C16H23N3O4. The second-order valence-electron chi connectivity index (χ2n) is 5.12. The van der Waals surface area contributed by atoms with Crippen molar-refractivity contribution < 1.29 is 19.1 Å². The first-order valence-electron chi connectivity index (χ1n) is 7.82. The van der Waals surface area contributed by atoms with Crippen LogP contribution in [-0.2, 0) is 4.79 Å². The number of ether oxygens (including phenoxy) is 2. The van der Waals surface area contributed by atoms with Crippen LogP contribution < -0.4 is 20.1 Å². The van der Waals surface area contributed by atoms with E-state index in [1.807, 2.05) is 19.9 Å². The Balaban J connectivity index is 2.07. The van der Waals surface area contributed by atoms with Crippen LogP contribution in [-0.4, -0.2) is 49.2 Å². The molecule has 126 valence electrons. The molecule has 0 spiro atoms. The second kappa shape index (κ2) is 7.71. The molecule has 1 atom stereocenters. The summed E-state index contributed by atoms with van der Waals surface area (Å²) < 4.78 is 11.1. The van der Waals surface area contributed by atoms with E-state index in [4.69, 9.17) is 9.47 Å². The standard InChI is InChI=1S/C16H23N3O4/c1-4-22-13-7-6-12(10-14(13)23-5-2)18-11(3)15(20)19-9-8-17-16(19)21/h6-7,10-11,18H,4-5,8-9H2,1-3H3,(H,17,21). The number of nitrogens with zero attached hydrogens (tertiary/aromatic N) is 1. The van der Waals surface area contributed by atoms with E-state index in [1.165, 1.54) is 4.90 Å². The van der Waals surface area contributed by atoms with Gasteiger partial charge in [-0.25, -0.2) is 4.79 Å². The van der Waals surface area contributed by atoms with Crippen molar-refractivity contribution in [3.63, 3.8) is 0 Å². The Morgan fingerprint density at radius 1 is 1.30 bits per heavy atom. The lowest BCUT2D eigenvalue weighted by Crippen LogP contribution is -2.43. The molecule has 0 aromatic heterocycles. The molecule has 1 fully saturated rings. The van der Waals surface area contributed by atoms with Crippen molar-refractivity contribution in [3.05, 3.63) is 18.2 Å². The molecule has 7 nitrogen and oxygen atoms in total. The fourth-order valence-corrected chi connectivity index (χ4v) is 2.37. The summed E-state index contributed by atoms with van der Waals surface area (Å²) in [4.78, 5) is 25.1. The Morgan fingerprint density at radius 2 is 2.00 bits per heavy atom. The Bertz CT molecular complexity index is 576. The van der Waals surface area contributed by atoms with Gasteiger partial charge in [0.15, 0.2) is 11.5 Å². The summed E-state index contributed by atoms with van der Waals surface area (Å²) in [6, 6.07) is 4.55. The van der Waals surface area contributed by atoms with E-state index < -0.39 is 6.04 Å². The Morgan fingerprint density at radius 3 is 2.61 bits per heavy atom. The highest BCUT2D eigenvalue weighted by Gasteiger charge is 2.29. The molecule has 7 heteroatoms. The minimum absolute atomic E-state index is 0.258. The van der Waals surface area contributed by atoms with Gasteiger partial charge in [0.05, 0.1) is 13.2 Å². The Hall–Kier alpha value is -2.44. The van der Waals surface area contributed by atoms with Gasteiger partial charge in [-0.05, 0) is 32.9 Å². The number of urea groups is 1. The van der Waals surface area contributed by atoms with Crippen LogP contribution in [0.2, 0.25) is 0 Å². The molecule has 1 saturated heterocycles. The van der Waals surface area contributed by atoms with Gasteiger partial charge in [-0.2, -0.15) is 0 Å². The summed E-state index contributed by atoms with van der Waals surface area (Å²) in [5, 5.41) is 5.72.